The molecule has 2 atom stereocenters. The smallest absolute Gasteiger partial charge is 0.264 e. The number of nitrogens with one attached hydrogen (secondary N) is 2. The van der Waals surface area contributed by atoms with Crippen LogP contribution in [-0.4, -0.2) is 36.4 Å². The molecule has 1 amide bonds. The summed E-state index contributed by atoms with van der Waals surface area (Å²) in [7, 11) is -4.14. The van der Waals surface area contributed by atoms with Crippen molar-refractivity contribution in [1.82, 2.24) is 15.3 Å². The molecule has 44 heavy (non-hydrogen) atoms. The molecule has 0 spiro atoms. The van der Waals surface area contributed by atoms with E-state index in [9.17, 15) is 13.2 Å². The Bertz CT molecular complexity index is 1720. The minimum absolute atomic E-state index is 0.0788. The Kier molecular flexibility index (Phi) is 9.78. The van der Waals surface area contributed by atoms with Crippen molar-refractivity contribution in [3.63, 3.8) is 0 Å². The van der Waals surface area contributed by atoms with Crippen LogP contribution in [0.5, 0.6) is 5.88 Å². The Morgan fingerprint density at radius 1 is 1.05 bits per heavy atom. The van der Waals surface area contributed by atoms with Crippen LogP contribution < -0.4 is 14.8 Å². The lowest BCUT2D eigenvalue weighted by Gasteiger charge is -2.29. The summed E-state index contributed by atoms with van der Waals surface area (Å²) in [6.07, 6.45) is 6.60. The molecule has 2 N–H and O–H groups in total. The van der Waals surface area contributed by atoms with Gasteiger partial charge in [-0.1, -0.05) is 83.2 Å². The number of hydrogen-bond donors (Lipinski definition) is 2. The predicted molar refractivity (Wildman–Crippen MR) is 176 cm³/mol. The maximum Gasteiger partial charge on any atom is 0.264 e. The quantitative estimate of drug-likeness (QED) is 0.282. The first-order valence-electron chi connectivity index (χ1n) is 14.8. The number of carbonyl (C=O) groups excluding carboxylic acids is 1. The maximum atomic E-state index is 13.5. The first-order chi connectivity index (χ1) is 20.7. The van der Waals surface area contributed by atoms with Gasteiger partial charge in [0.2, 0.25) is 11.8 Å². The summed E-state index contributed by atoms with van der Waals surface area (Å²) in [5, 5.41) is 3.10. The molecular weight excluding hydrogens is 572 g/mol. The average Bonchev–Trinajstić information content (AvgIpc) is 2.94. The Balaban J connectivity index is 1.93. The number of nitrogens with zero attached hydrogens (tertiary/aromatic N) is 2. The van der Waals surface area contributed by atoms with Crippen LogP contribution in [0.1, 0.15) is 68.9 Å². The highest BCUT2D eigenvalue weighted by Crippen LogP contribution is 2.32. The van der Waals surface area contributed by atoms with Gasteiger partial charge in [0, 0.05) is 17.2 Å². The lowest BCUT2D eigenvalue weighted by Crippen LogP contribution is -2.46. The summed E-state index contributed by atoms with van der Waals surface area (Å²) in [5.74, 6) is -0.402. The van der Waals surface area contributed by atoms with Crippen LogP contribution >= 0.6 is 0 Å². The molecule has 1 aromatic heterocycles. The lowest BCUT2D eigenvalue weighted by atomic mass is 9.85. The molecule has 0 unspecified atom stereocenters. The van der Waals surface area contributed by atoms with Crippen LogP contribution in [-0.2, 0) is 10.0 Å². The van der Waals surface area contributed by atoms with Gasteiger partial charge in [-0.05, 0) is 73.1 Å². The van der Waals surface area contributed by atoms with Gasteiger partial charge in [0.25, 0.3) is 15.9 Å². The molecule has 3 aromatic rings. The van der Waals surface area contributed by atoms with E-state index < -0.39 is 28.1 Å². The molecule has 0 saturated carbocycles. The molecule has 0 radical (unpaired) electrons. The maximum absolute atomic E-state index is 13.5. The van der Waals surface area contributed by atoms with E-state index in [-0.39, 0.29) is 27.7 Å². The molecule has 2 heterocycles. The van der Waals surface area contributed by atoms with Gasteiger partial charge in [0.1, 0.15) is 6.10 Å². The Morgan fingerprint density at radius 2 is 1.73 bits per heavy atom. The van der Waals surface area contributed by atoms with Gasteiger partial charge in [-0.25, -0.2) is 18.1 Å². The highest BCUT2D eigenvalue weighted by molar-refractivity contribution is 7.92. The highest BCUT2D eigenvalue weighted by atomic mass is 32.2. The molecule has 0 aliphatic carbocycles. The zero-order valence-electron chi connectivity index (χ0n) is 26.6. The van der Waals surface area contributed by atoms with Crippen molar-refractivity contribution in [3.05, 3.63) is 101 Å². The topological polar surface area (TPSA) is 110 Å². The van der Waals surface area contributed by atoms with Crippen LogP contribution in [0.25, 0.3) is 11.3 Å². The standard InChI is InChI=1S/C35H42N4O4S/c1-9-13-28-32(24(5)18-19-26(10-2)35(6,7)8)43-30-21-29(31-22(3)14-11-15-23(31)4)37-34(38-30)39-44(41,42)27-17-12-16-25(20-27)33(40)36-28/h10-12,14-21,28,32H,5,9,13H2,1-4,6-8H3,(H,36,40)(H,37,38,39)/b19-18-,26-10+/t28-,32+/m1/s1. The number of fused-ring (bicyclic) bond motifs is 4. The van der Waals surface area contributed by atoms with E-state index in [0.29, 0.717) is 17.7 Å². The predicted octanol–water partition coefficient (Wildman–Crippen LogP) is 7.33. The SMILES string of the molecule is C=C(/C=C\C(=C/C)C(C)(C)C)[C@@H]1Oc2cc(-c3c(C)cccc3C)nc(n2)NS(=O)(=O)c2cccc(c2)C(=O)N[C@@H]1CCC. The van der Waals surface area contributed by atoms with Gasteiger partial charge < -0.3 is 10.1 Å². The second-order valence-corrected chi connectivity index (χ2v) is 13.8. The van der Waals surface area contributed by atoms with Crippen molar-refractivity contribution in [1.29, 1.82) is 0 Å². The molecule has 1 aliphatic heterocycles. The summed E-state index contributed by atoms with van der Waals surface area (Å²) in [4.78, 5) is 22.6. The average molecular weight is 615 g/mol. The first kappa shape index (κ1) is 32.7. The molecule has 232 valence electrons. The number of benzene rings is 2. The number of sulfonamides is 1. The third-order valence-corrected chi connectivity index (χ3v) is 8.95. The molecular formula is C35H42N4O4S. The Hall–Kier alpha value is -4.24. The third-order valence-electron chi connectivity index (χ3n) is 7.62. The monoisotopic (exact) mass is 614 g/mol. The molecule has 0 fully saturated rings. The minimum atomic E-state index is -4.14. The normalized spacial score (nSPS) is 18.7. The first-order valence-corrected chi connectivity index (χ1v) is 16.3. The number of amides is 1. The van der Waals surface area contributed by atoms with Gasteiger partial charge in [0.15, 0.2) is 0 Å². The molecule has 8 nitrogen and oxygen atoms in total. The van der Waals surface area contributed by atoms with Crippen LogP contribution in [0.15, 0.2) is 89.4 Å². The van der Waals surface area contributed by atoms with Gasteiger partial charge in [-0.3, -0.25) is 4.79 Å². The molecule has 4 bridgehead atoms. The number of allylic oxidation sites excluding steroid dienone is 3. The lowest BCUT2D eigenvalue weighted by molar-refractivity contribution is 0.0886. The van der Waals surface area contributed by atoms with Gasteiger partial charge in [-0.15, -0.1) is 0 Å². The van der Waals surface area contributed by atoms with Crippen molar-refractivity contribution in [2.24, 2.45) is 5.41 Å². The second kappa shape index (κ2) is 13.2. The van der Waals surface area contributed by atoms with Crippen molar-refractivity contribution in [2.75, 3.05) is 4.72 Å². The van der Waals surface area contributed by atoms with Gasteiger partial charge in [0.05, 0.1) is 16.6 Å². The molecule has 4 rings (SSSR count). The second-order valence-electron chi connectivity index (χ2n) is 12.1. The zero-order chi connectivity index (χ0) is 32.2. The molecule has 0 saturated heterocycles. The largest absolute Gasteiger partial charge is 0.467 e. The number of rotatable bonds is 6. The number of hydrogen-bond acceptors (Lipinski definition) is 6. The molecule has 2 aromatic carbocycles. The summed E-state index contributed by atoms with van der Waals surface area (Å²) < 4.78 is 36.0. The summed E-state index contributed by atoms with van der Waals surface area (Å²) >= 11 is 0. The Labute approximate surface area is 261 Å². The zero-order valence-corrected chi connectivity index (χ0v) is 27.4. The fourth-order valence-corrected chi connectivity index (χ4v) is 6.33. The van der Waals surface area contributed by atoms with E-state index in [2.05, 4.69) is 53.4 Å². The molecule has 1 aliphatic rings. The van der Waals surface area contributed by atoms with E-state index >= 15 is 0 Å². The van der Waals surface area contributed by atoms with Crippen LogP contribution in [0, 0.1) is 19.3 Å². The van der Waals surface area contributed by atoms with E-state index in [0.717, 1.165) is 28.7 Å². The van der Waals surface area contributed by atoms with Crippen LogP contribution in [0.2, 0.25) is 0 Å². The summed E-state index contributed by atoms with van der Waals surface area (Å²) in [6.45, 7) is 18.7. The fourth-order valence-electron chi connectivity index (χ4n) is 5.34. The number of ether oxygens (including phenoxy) is 1. The Morgan fingerprint density at radius 3 is 2.36 bits per heavy atom. The minimum Gasteiger partial charge on any atom is -0.467 e. The fraction of sp³-hybridized carbons (Fsp3) is 0.343. The summed E-state index contributed by atoms with van der Waals surface area (Å²) in [5.41, 5.74) is 5.16. The number of anilines is 1. The van der Waals surface area contributed by atoms with Crippen LogP contribution in [0.3, 0.4) is 0 Å². The van der Waals surface area contributed by atoms with Crippen molar-refractivity contribution < 1.29 is 17.9 Å². The van der Waals surface area contributed by atoms with Crippen molar-refractivity contribution >= 4 is 21.9 Å². The van der Waals surface area contributed by atoms with Crippen molar-refractivity contribution in [3.8, 4) is 17.1 Å². The van der Waals surface area contributed by atoms with Gasteiger partial charge in [-0.2, -0.15) is 4.98 Å². The highest BCUT2D eigenvalue weighted by Gasteiger charge is 2.30. The van der Waals surface area contributed by atoms with Gasteiger partial charge >= 0.3 is 0 Å². The molecule has 9 heteroatoms. The number of carbonyl (C=O) groups is 1. The number of aryl methyl sites for hydroxylation is 2. The van der Waals surface area contributed by atoms with Crippen LogP contribution in [0.4, 0.5) is 5.95 Å². The van der Waals surface area contributed by atoms with E-state index in [4.69, 9.17) is 4.74 Å². The van der Waals surface area contributed by atoms with Crippen molar-refractivity contribution in [2.45, 2.75) is 78.3 Å². The van der Waals surface area contributed by atoms with E-state index in [1.165, 1.54) is 18.2 Å². The van der Waals surface area contributed by atoms with E-state index in [1.807, 2.05) is 58.0 Å². The number of aromatic nitrogens is 2. The third kappa shape index (κ3) is 7.45. The van der Waals surface area contributed by atoms with E-state index in [1.54, 1.807) is 12.1 Å². The summed E-state index contributed by atoms with van der Waals surface area (Å²) in [6, 6.07) is 13.0.